The molecule has 0 saturated heterocycles. The van der Waals surface area contributed by atoms with Crippen molar-refractivity contribution in [2.24, 2.45) is 0 Å². The Morgan fingerprint density at radius 3 is 2.17 bits per heavy atom. The molecule has 2 aromatic rings. The van der Waals surface area contributed by atoms with Crippen molar-refractivity contribution in [1.29, 1.82) is 0 Å². The summed E-state index contributed by atoms with van der Waals surface area (Å²) in [6.45, 7) is 0. The van der Waals surface area contributed by atoms with Crippen LogP contribution in [0.1, 0.15) is 11.1 Å². The summed E-state index contributed by atoms with van der Waals surface area (Å²) in [7, 11) is 0. The topological polar surface area (TPSA) is 23.1 Å². The number of hydrogen-bond donors (Lipinski definition) is 0. The van der Waals surface area contributed by atoms with Crippen molar-refractivity contribution in [3.8, 4) is 0 Å². The van der Waals surface area contributed by atoms with E-state index in [1.165, 1.54) is 0 Å². The summed E-state index contributed by atoms with van der Waals surface area (Å²) >= 11 is 11.8. The van der Waals surface area contributed by atoms with Crippen LogP contribution in [0.25, 0.3) is 0 Å². The molecule has 0 aliphatic rings. The summed E-state index contributed by atoms with van der Waals surface area (Å²) in [6.07, 6.45) is 1.63. The molecule has 0 aliphatic heterocycles. The molecule has 0 fully saturated rings. The Hall–Kier alpha value is -0.670. The van der Waals surface area contributed by atoms with E-state index >= 15 is 0 Å². The van der Waals surface area contributed by atoms with E-state index in [0.717, 1.165) is 11.1 Å². The molecule has 4 heteroatoms. The average molecular weight is 299 g/mol. The summed E-state index contributed by atoms with van der Waals surface area (Å²) in [5, 5.41) is 0. The molecule has 1 atom stereocenters. The largest absolute Gasteiger partial charge is 0.612 e. The zero-order valence-electron chi connectivity index (χ0n) is 9.77. The highest BCUT2D eigenvalue weighted by molar-refractivity contribution is 7.90. The summed E-state index contributed by atoms with van der Waals surface area (Å²) in [5.74, 6) is 0. The zero-order valence-corrected chi connectivity index (χ0v) is 12.1. The first kappa shape index (κ1) is 13.8. The van der Waals surface area contributed by atoms with Gasteiger partial charge in [0.15, 0.2) is 9.23 Å². The lowest BCUT2D eigenvalue weighted by Gasteiger charge is -2.21. The lowest BCUT2D eigenvalue weighted by Crippen LogP contribution is -2.13. The fraction of sp³-hybridized carbons (Fsp3) is 0.143. The van der Waals surface area contributed by atoms with Gasteiger partial charge in [-0.25, -0.2) is 0 Å². The zero-order chi connectivity index (χ0) is 13.2. The maximum absolute atomic E-state index is 11.5. The molecule has 0 amide bonds. The highest BCUT2D eigenvalue weighted by Crippen LogP contribution is 2.41. The van der Waals surface area contributed by atoms with E-state index in [1.54, 1.807) is 18.4 Å². The van der Waals surface area contributed by atoms with E-state index in [0.29, 0.717) is 4.90 Å². The van der Waals surface area contributed by atoms with Crippen LogP contribution in [-0.4, -0.2) is 10.8 Å². The SMILES string of the molecule is C[S+]([O-])c1cccc(C(Cl)(Cl)c2ccccc2)c1. The molecule has 0 N–H and O–H groups in total. The minimum absolute atomic E-state index is 0.717. The van der Waals surface area contributed by atoms with Crippen molar-refractivity contribution in [2.45, 2.75) is 9.23 Å². The monoisotopic (exact) mass is 298 g/mol. The van der Waals surface area contributed by atoms with Crippen LogP contribution < -0.4 is 0 Å². The van der Waals surface area contributed by atoms with Crippen molar-refractivity contribution in [2.75, 3.05) is 6.26 Å². The highest BCUT2D eigenvalue weighted by Gasteiger charge is 2.29. The third-order valence-corrected chi connectivity index (χ3v) is 4.46. The van der Waals surface area contributed by atoms with Gasteiger partial charge in [-0.3, -0.25) is 0 Å². The van der Waals surface area contributed by atoms with Crippen LogP contribution in [-0.2, 0) is 15.5 Å². The van der Waals surface area contributed by atoms with Crippen LogP contribution in [0.15, 0.2) is 59.5 Å². The van der Waals surface area contributed by atoms with Gasteiger partial charge < -0.3 is 4.55 Å². The number of halogens is 2. The van der Waals surface area contributed by atoms with Crippen molar-refractivity contribution in [1.82, 2.24) is 0 Å². The smallest absolute Gasteiger partial charge is 0.168 e. The minimum Gasteiger partial charge on any atom is -0.612 e. The van der Waals surface area contributed by atoms with Gasteiger partial charge in [-0.2, -0.15) is 0 Å². The fourth-order valence-corrected chi connectivity index (χ4v) is 2.73. The Bertz CT molecular complexity index is 526. The molecule has 1 unspecified atom stereocenters. The second-order valence-electron chi connectivity index (χ2n) is 3.92. The second-order valence-corrected chi connectivity index (χ2v) is 6.63. The first-order chi connectivity index (χ1) is 8.51. The van der Waals surface area contributed by atoms with Crippen molar-refractivity contribution < 1.29 is 4.55 Å². The van der Waals surface area contributed by atoms with E-state index in [1.807, 2.05) is 42.5 Å². The van der Waals surface area contributed by atoms with Crippen LogP contribution in [0.2, 0.25) is 0 Å². The molecule has 94 valence electrons. The normalized spacial score (nSPS) is 13.3. The molecule has 2 aromatic carbocycles. The Kier molecular flexibility index (Phi) is 4.23. The van der Waals surface area contributed by atoms with Gasteiger partial charge in [0.25, 0.3) is 0 Å². The van der Waals surface area contributed by atoms with Crippen LogP contribution in [0.4, 0.5) is 0 Å². The Morgan fingerprint density at radius 2 is 1.56 bits per heavy atom. The van der Waals surface area contributed by atoms with Gasteiger partial charge in [0.05, 0.1) is 0 Å². The number of hydrogen-bond acceptors (Lipinski definition) is 1. The number of rotatable bonds is 3. The maximum atomic E-state index is 11.5. The van der Waals surface area contributed by atoms with Crippen LogP contribution >= 0.6 is 23.2 Å². The van der Waals surface area contributed by atoms with E-state index in [2.05, 4.69) is 0 Å². The Balaban J connectivity index is 2.44. The lowest BCUT2D eigenvalue weighted by atomic mass is 10.0. The van der Waals surface area contributed by atoms with E-state index in [4.69, 9.17) is 23.2 Å². The fourth-order valence-electron chi connectivity index (χ4n) is 1.68. The van der Waals surface area contributed by atoms with Gasteiger partial charge in [0, 0.05) is 0 Å². The predicted octanol–water partition coefficient (Wildman–Crippen LogP) is 4.10. The molecule has 2 rings (SSSR count). The molecule has 18 heavy (non-hydrogen) atoms. The van der Waals surface area contributed by atoms with Gasteiger partial charge in [-0.05, 0) is 34.4 Å². The quantitative estimate of drug-likeness (QED) is 0.618. The first-order valence-corrected chi connectivity index (χ1v) is 7.70. The molecule has 0 bridgehead atoms. The minimum atomic E-state index is -1.13. The van der Waals surface area contributed by atoms with E-state index in [-0.39, 0.29) is 0 Å². The molecule has 0 aromatic heterocycles. The predicted molar refractivity (Wildman–Crippen MR) is 77.7 cm³/mol. The second kappa shape index (κ2) is 5.54. The first-order valence-electron chi connectivity index (χ1n) is 5.39. The van der Waals surface area contributed by atoms with Gasteiger partial charge in [-0.1, -0.05) is 65.7 Å². The van der Waals surface area contributed by atoms with Crippen molar-refractivity contribution in [3.63, 3.8) is 0 Å². The molecule has 0 heterocycles. The van der Waals surface area contributed by atoms with E-state index < -0.39 is 15.5 Å². The summed E-state index contributed by atoms with van der Waals surface area (Å²) in [4.78, 5) is 0.717. The molecule has 0 saturated carbocycles. The number of alkyl halides is 2. The highest BCUT2D eigenvalue weighted by atomic mass is 35.5. The number of benzene rings is 2. The molecular weight excluding hydrogens is 287 g/mol. The standard InChI is InChI=1S/C14H12Cl2OS/c1-18(17)13-9-5-8-12(10-13)14(15,16)11-6-3-2-4-7-11/h2-10H,1H3. The lowest BCUT2D eigenvalue weighted by molar-refractivity contribution is 0.600. The van der Waals surface area contributed by atoms with Crippen LogP contribution in [0.5, 0.6) is 0 Å². The molecule has 0 aliphatic carbocycles. The molecule has 0 spiro atoms. The summed E-state index contributed by atoms with van der Waals surface area (Å²) < 4.78 is 10.4. The Morgan fingerprint density at radius 1 is 0.944 bits per heavy atom. The van der Waals surface area contributed by atoms with E-state index in [9.17, 15) is 4.55 Å². The third kappa shape index (κ3) is 2.83. The van der Waals surface area contributed by atoms with Gasteiger partial charge in [0.1, 0.15) is 6.26 Å². The van der Waals surface area contributed by atoms with Crippen LogP contribution in [0, 0.1) is 0 Å². The van der Waals surface area contributed by atoms with Gasteiger partial charge in [0.2, 0.25) is 0 Å². The maximum Gasteiger partial charge on any atom is 0.168 e. The van der Waals surface area contributed by atoms with Gasteiger partial charge >= 0.3 is 0 Å². The summed E-state index contributed by atoms with van der Waals surface area (Å²) in [5.41, 5.74) is 1.53. The molecular formula is C14H12Cl2OS. The van der Waals surface area contributed by atoms with Crippen LogP contribution in [0.3, 0.4) is 0 Å². The van der Waals surface area contributed by atoms with Gasteiger partial charge in [-0.15, -0.1) is 0 Å². The van der Waals surface area contributed by atoms with Crippen molar-refractivity contribution in [3.05, 3.63) is 65.7 Å². The van der Waals surface area contributed by atoms with Crippen molar-refractivity contribution >= 4 is 34.4 Å². The average Bonchev–Trinajstić information content (AvgIpc) is 2.40. The molecule has 0 radical (unpaired) electrons. The summed E-state index contributed by atoms with van der Waals surface area (Å²) in [6, 6.07) is 16.7. The molecule has 1 nitrogen and oxygen atoms in total. The Labute approximate surface area is 120 Å². The third-order valence-electron chi connectivity index (χ3n) is 2.66.